The maximum Gasteiger partial charge on any atom is 0.238 e. The van der Waals surface area contributed by atoms with E-state index in [0.29, 0.717) is 32.1 Å². The highest BCUT2D eigenvalue weighted by Crippen LogP contribution is 2.37. The molecule has 2 rings (SSSR count). The number of halogens is 4. The van der Waals surface area contributed by atoms with Crippen LogP contribution in [0.4, 0.5) is 17.1 Å². The minimum absolute atomic E-state index is 0.0737. The van der Waals surface area contributed by atoms with Gasteiger partial charge in [0.05, 0.1) is 31.9 Å². The Morgan fingerprint density at radius 2 is 1.81 bits per heavy atom. The van der Waals surface area contributed by atoms with Gasteiger partial charge >= 0.3 is 0 Å². The first-order valence-electron chi connectivity index (χ1n) is 8.01. The molecule has 0 bridgehead atoms. The van der Waals surface area contributed by atoms with Crippen LogP contribution >= 0.6 is 50.7 Å². The summed E-state index contributed by atoms with van der Waals surface area (Å²) in [5.74, 6) is -0.281. The van der Waals surface area contributed by atoms with E-state index in [1.807, 2.05) is 0 Å². The van der Waals surface area contributed by atoms with Gasteiger partial charge in [-0.25, -0.2) is 0 Å². The fourth-order valence-electron chi connectivity index (χ4n) is 2.22. The molecule has 8 heteroatoms. The molecule has 4 nitrogen and oxygen atoms in total. The van der Waals surface area contributed by atoms with E-state index < -0.39 is 0 Å². The number of carbonyl (C=O) groups excluding carboxylic acids is 1. The van der Waals surface area contributed by atoms with Crippen LogP contribution in [-0.4, -0.2) is 15.8 Å². The standard InChI is InChI=1S/C18H18BrCl3N2O2/c1-2-3-4-11(19)18(26)24-15-9-17(25)16(8-13(15)22)23-14-6-5-10(20)7-12(14)21/h5-9,11,23,25H,2-4H2,1H3,(H,24,26). The van der Waals surface area contributed by atoms with Gasteiger partial charge in [0.25, 0.3) is 0 Å². The van der Waals surface area contributed by atoms with Crippen LogP contribution in [0.2, 0.25) is 15.1 Å². The lowest BCUT2D eigenvalue weighted by atomic mass is 10.2. The van der Waals surface area contributed by atoms with Crippen molar-refractivity contribution in [2.45, 2.75) is 31.0 Å². The lowest BCUT2D eigenvalue weighted by Gasteiger charge is -2.15. The fourth-order valence-corrected chi connectivity index (χ4v) is 3.32. The van der Waals surface area contributed by atoms with Gasteiger partial charge in [-0.1, -0.05) is 70.5 Å². The van der Waals surface area contributed by atoms with E-state index >= 15 is 0 Å². The summed E-state index contributed by atoms with van der Waals surface area (Å²) in [4.78, 5) is 11.9. The Morgan fingerprint density at radius 3 is 2.46 bits per heavy atom. The van der Waals surface area contributed by atoms with Crippen molar-refractivity contribution >= 4 is 73.7 Å². The summed E-state index contributed by atoms with van der Waals surface area (Å²) in [7, 11) is 0. The average Bonchev–Trinajstić information content (AvgIpc) is 2.59. The molecular formula is C18H18BrCl3N2O2. The summed E-state index contributed by atoms with van der Waals surface area (Å²) in [6, 6.07) is 7.87. The Bertz CT molecular complexity index is 802. The van der Waals surface area contributed by atoms with E-state index in [-0.39, 0.29) is 16.5 Å². The molecule has 0 aliphatic heterocycles. The molecule has 0 heterocycles. The number of carbonyl (C=O) groups is 1. The highest BCUT2D eigenvalue weighted by atomic mass is 79.9. The Morgan fingerprint density at radius 1 is 1.12 bits per heavy atom. The van der Waals surface area contributed by atoms with Gasteiger partial charge in [0.1, 0.15) is 5.75 Å². The third-order valence-electron chi connectivity index (χ3n) is 3.64. The zero-order chi connectivity index (χ0) is 19.3. The van der Waals surface area contributed by atoms with Crippen LogP contribution in [0.25, 0.3) is 0 Å². The first-order chi connectivity index (χ1) is 12.3. The molecule has 2 aromatic carbocycles. The fraction of sp³-hybridized carbons (Fsp3) is 0.278. The highest BCUT2D eigenvalue weighted by Gasteiger charge is 2.17. The number of nitrogens with one attached hydrogen (secondary N) is 2. The molecular weight excluding hydrogens is 462 g/mol. The second kappa shape index (κ2) is 9.70. The lowest BCUT2D eigenvalue weighted by Crippen LogP contribution is -2.22. The average molecular weight is 481 g/mol. The van der Waals surface area contributed by atoms with Crippen molar-refractivity contribution in [1.82, 2.24) is 0 Å². The topological polar surface area (TPSA) is 61.4 Å². The number of hydrogen-bond acceptors (Lipinski definition) is 3. The van der Waals surface area contributed by atoms with E-state index in [1.54, 1.807) is 18.2 Å². The van der Waals surface area contributed by atoms with Crippen LogP contribution in [0.3, 0.4) is 0 Å². The third kappa shape index (κ3) is 5.68. The number of unbranched alkanes of at least 4 members (excludes halogenated alkanes) is 1. The van der Waals surface area contributed by atoms with Gasteiger partial charge in [-0.2, -0.15) is 0 Å². The summed E-state index contributed by atoms with van der Waals surface area (Å²) in [5.41, 5.74) is 1.26. The number of rotatable bonds is 7. The Kier molecular flexibility index (Phi) is 7.89. The normalized spacial score (nSPS) is 11.9. The van der Waals surface area contributed by atoms with Crippen molar-refractivity contribution < 1.29 is 9.90 Å². The van der Waals surface area contributed by atoms with Gasteiger partial charge in [-0.3, -0.25) is 4.79 Å². The molecule has 140 valence electrons. The second-order valence-electron chi connectivity index (χ2n) is 5.70. The van der Waals surface area contributed by atoms with Crippen molar-refractivity contribution in [1.29, 1.82) is 0 Å². The zero-order valence-corrected chi connectivity index (χ0v) is 17.8. The Labute approximate surface area is 176 Å². The summed E-state index contributed by atoms with van der Waals surface area (Å²) >= 11 is 21.6. The number of alkyl halides is 1. The zero-order valence-electron chi connectivity index (χ0n) is 14.0. The first kappa shape index (κ1) is 21.2. The Hall–Kier alpha value is -1.14. The van der Waals surface area contributed by atoms with Crippen LogP contribution in [-0.2, 0) is 4.79 Å². The van der Waals surface area contributed by atoms with Crippen LogP contribution in [0.15, 0.2) is 30.3 Å². The molecule has 2 aromatic rings. The molecule has 0 radical (unpaired) electrons. The summed E-state index contributed by atoms with van der Waals surface area (Å²) < 4.78 is 0. The SMILES string of the molecule is CCCCC(Br)C(=O)Nc1cc(O)c(Nc2ccc(Cl)cc2Cl)cc1Cl. The van der Waals surface area contributed by atoms with E-state index in [4.69, 9.17) is 34.8 Å². The minimum Gasteiger partial charge on any atom is -0.506 e. The maximum atomic E-state index is 12.2. The molecule has 26 heavy (non-hydrogen) atoms. The van der Waals surface area contributed by atoms with E-state index in [9.17, 15) is 9.90 Å². The van der Waals surface area contributed by atoms with Crippen molar-refractivity contribution in [3.63, 3.8) is 0 Å². The molecule has 0 aromatic heterocycles. The molecule has 1 atom stereocenters. The maximum absolute atomic E-state index is 12.2. The number of phenols is 1. The molecule has 0 fully saturated rings. The number of hydrogen-bond donors (Lipinski definition) is 3. The molecule has 0 saturated heterocycles. The van der Waals surface area contributed by atoms with E-state index in [0.717, 1.165) is 19.3 Å². The minimum atomic E-state index is -0.314. The summed E-state index contributed by atoms with van der Waals surface area (Å²) in [6.45, 7) is 2.06. The first-order valence-corrected chi connectivity index (χ1v) is 10.1. The predicted molar refractivity (Wildman–Crippen MR) is 114 cm³/mol. The molecule has 0 saturated carbocycles. The van der Waals surface area contributed by atoms with Crippen molar-refractivity contribution in [3.05, 3.63) is 45.4 Å². The number of amides is 1. The lowest BCUT2D eigenvalue weighted by molar-refractivity contribution is -0.115. The van der Waals surface area contributed by atoms with Crippen molar-refractivity contribution in [3.8, 4) is 5.75 Å². The molecule has 3 N–H and O–H groups in total. The van der Waals surface area contributed by atoms with E-state index in [2.05, 4.69) is 33.5 Å². The van der Waals surface area contributed by atoms with Crippen molar-refractivity contribution in [2.75, 3.05) is 10.6 Å². The number of phenolic OH excluding ortho intramolecular Hbond substituents is 1. The molecule has 0 spiro atoms. The van der Waals surface area contributed by atoms with Crippen LogP contribution in [0, 0.1) is 0 Å². The van der Waals surface area contributed by atoms with Crippen LogP contribution in [0.1, 0.15) is 26.2 Å². The molecule has 1 amide bonds. The second-order valence-corrected chi connectivity index (χ2v) is 8.05. The monoisotopic (exact) mass is 478 g/mol. The molecule has 1 unspecified atom stereocenters. The Balaban J connectivity index is 2.16. The third-order valence-corrected chi connectivity index (χ3v) is 5.37. The van der Waals surface area contributed by atoms with Gasteiger partial charge in [-0.05, 0) is 30.7 Å². The number of benzene rings is 2. The number of aromatic hydroxyl groups is 1. The van der Waals surface area contributed by atoms with Gasteiger partial charge in [0.15, 0.2) is 0 Å². The predicted octanol–water partition coefficient (Wildman–Crippen LogP) is 6.99. The largest absolute Gasteiger partial charge is 0.506 e. The number of anilines is 3. The molecule has 0 aliphatic rings. The summed E-state index contributed by atoms with van der Waals surface area (Å²) in [5, 5.41) is 17.2. The van der Waals surface area contributed by atoms with Gasteiger partial charge < -0.3 is 15.7 Å². The van der Waals surface area contributed by atoms with Crippen molar-refractivity contribution in [2.24, 2.45) is 0 Å². The summed E-state index contributed by atoms with van der Waals surface area (Å²) in [6.07, 6.45) is 2.66. The smallest absolute Gasteiger partial charge is 0.238 e. The van der Waals surface area contributed by atoms with Crippen LogP contribution in [0.5, 0.6) is 5.75 Å². The van der Waals surface area contributed by atoms with Crippen LogP contribution < -0.4 is 10.6 Å². The quantitative estimate of drug-likeness (QED) is 0.296. The van der Waals surface area contributed by atoms with Gasteiger partial charge in [0, 0.05) is 11.1 Å². The highest BCUT2D eigenvalue weighted by molar-refractivity contribution is 9.10. The van der Waals surface area contributed by atoms with E-state index in [1.165, 1.54) is 12.1 Å². The van der Waals surface area contributed by atoms with Gasteiger partial charge in [0.2, 0.25) is 5.91 Å². The van der Waals surface area contributed by atoms with Gasteiger partial charge in [-0.15, -0.1) is 0 Å². The molecule has 0 aliphatic carbocycles.